The highest BCUT2D eigenvalue weighted by atomic mass is 35.5. The molecule has 2 amide bonds. The summed E-state index contributed by atoms with van der Waals surface area (Å²) in [4.78, 5) is 38.8. The number of rotatable bonds is 4. The number of hydrogen-bond acceptors (Lipinski definition) is 5. The largest absolute Gasteiger partial charge is 0.449 e. The third kappa shape index (κ3) is 5.06. The molecule has 1 saturated heterocycles. The van der Waals surface area contributed by atoms with Gasteiger partial charge in [0.1, 0.15) is 0 Å². The third-order valence-electron chi connectivity index (χ3n) is 7.48. The number of terminal acetylenes is 1. The van der Waals surface area contributed by atoms with Gasteiger partial charge >= 0.3 is 6.09 Å². The zero-order valence-electron chi connectivity index (χ0n) is 21.7. The SMILES string of the molecule is C#Cc1ccc(C2CCc3c(nc4cc(C(=O)N5CCN(C(=O)OCCC)C[C@@H]5C)ccc4c3Cl)C2)nc1. The van der Waals surface area contributed by atoms with Gasteiger partial charge in [0.15, 0.2) is 0 Å². The number of nitrogens with zero attached hydrogens (tertiary/aromatic N) is 4. The van der Waals surface area contributed by atoms with Crippen LogP contribution in [0.1, 0.15) is 65.5 Å². The molecule has 5 rings (SSSR count). The lowest BCUT2D eigenvalue weighted by atomic mass is 9.84. The summed E-state index contributed by atoms with van der Waals surface area (Å²) in [5.74, 6) is 2.77. The highest BCUT2D eigenvalue weighted by Gasteiger charge is 2.31. The fourth-order valence-electron chi connectivity index (χ4n) is 5.38. The lowest BCUT2D eigenvalue weighted by molar-refractivity contribution is 0.0414. The molecule has 2 atom stereocenters. The summed E-state index contributed by atoms with van der Waals surface area (Å²) in [6.07, 6.45) is 10.2. The molecule has 3 heterocycles. The Morgan fingerprint density at radius 3 is 2.79 bits per heavy atom. The summed E-state index contributed by atoms with van der Waals surface area (Å²) in [6.45, 7) is 5.65. The Morgan fingerprint density at radius 1 is 1.24 bits per heavy atom. The average molecular weight is 531 g/mol. The van der Waals surface area contributed by atoms with E-state index in [-0.39, 0.29) is 24.0 Å². The van der Waals surface area contributed by atoms with Crippen LogP contribution in [0.2, 0.25) is 5.02 Å². The van der Waals surface area contributed by atoms with Crippen LogP contribution in [0.25, 0.3) is 10.9 Å². The molecule has 0 spiro atoms. The van der Waals surface area contributed by atoms with Crippen LogP contribution >= 0.6 is 11.6 Å². The summed E-state index contributed by atoms with van der Waals surface area (Å²) < 4.78 is 5.26. The molecule has 1 aromatic carbocycles. The number of pyridine rings is 2. The van der Waals surface area contributed by atoms with Gasteiger partial charge in [0.05, 0.1) is 17.1 Å². The zero-order valence-corrected chi connectivity index (χ0v) is 22.5. The molecule has 1 aliphatic heterocycles. The van der Waals surface area contributed by atoms with Crippen molar-refractivity contribution in [1.82, 2.24) is 19.8 Å². The van der Waals surface area contributed by atoms with E-state index in [0.29, 0.717) is 42.3 Å². The average Bonchev–Trinajstić information content (AvgIpc) is 2.95. The van der Waals surface area contributed by atoms with E-state index < -0.39 is 0 Å². The number of benzene rings is 1. The molecule has 0 N–H and O–H groups in total. The maximum atomic E-state index is 13.5. The molecule has 3 aromatic rings. The van der Waals surface area contributed by atoms with Gasteiger partial charge in [-0.3, -0.25) is 14.8 Å². The Labute approximate surface area is 228 Å². The first-order chi connectivity index (χ1) is 18.4. The minimum absolute atomic E-state index is 0.0766. The minimum Gasteiger partial charge on any atom is -0.449 e. The number of hydrogen-bond donors (Lipinski definition) is 0. The predicted octanol–water partition coefficient (Wildman–Crippen LogP) is 5.23. The van der Waals surface area contributed by atoms with Crippen molar-refractivity contribution < 1.29 is 14.3 Å². The molecule has 8 heteroatoms. The lowest BCUT2D eigenvalue weighted by Gasteiger charge is -2.39. The normalized spacial score (nSPS) is 19.1. The summed E-state index contributed by atoms with van der Waals surface area (Å²) >= 11 is 6.86. The summed E-state index contributed by atoms with van der Waals surface area (Å²) in [5.41, 5.74) is 5.08. The van der Waals surface area contributed by atoms with Crippen molar-refractivity contribution in [3.8, 4) is 12.3 Å². The van der Waals surface area contributed by atoms with Gasteiger partial charge < -0.3 is 14.5 Å². The van der Waals surface area contributed by atoms with E-state index in [1.807, 2.05) is 49.1 Å². The molecule has 2 aliphatic rings. The Morgan fingerprint density at radius 2 is 2.08 bits per heavy atom. The molecule has 2 aromatic heterocycles. The quantitative estimate of drug-likeness (QED) is 0.432. The zero-order chi connectivity index (χ0) is 26.8. The van der Waals surface area contributed by atoms with Crippen molar-refractivity contribution in [2.45, 2.75) is 51.5 Å². The summed E-state index contributed by atoms with van der Waals surface area (Å²) in [7, 11) is 0. The van der Waals surface area contributed by atoms with Gasteiger partial charge in [-0.1, -0.05) is 30.5 Å². The number of piperazine rings is 1. The van der Waals surface area contributed by atoms with E-state index in [1.54, 1.807) is 11.1 Å². The first-order valence-corrected chi connectivity index (χ1v) is 13.5. The molecule has 0 bridgehead atoms. The molecule has 1 aliphatic carbocycles. The van der Waals surface area contributed by atoms with Crippen LogP contribution in [-0.4, -0.2) is 64.1 Å². The van der Waals surface area contributed by atoms with Gasteiger partial charge in [-0.25, -0.2) is 4.79 Å². The number of carbonyl (C=O) groups excluding carboxylic acids is 2. The molecule has 0 radical (unpaired) electrons. The van der Waals surface area contributed by atoms with Gasteiger partial charge in [-0.2, -0.15) is 0 Å². The first kappa shape index (κ1) is 26.0. The summed E-state index contributed by atoms with van der Waals surface area (Å²) in [6, 6.07) is 9.34. The first-order valence-electron chi connectivity index (χ1n) is 13.2. The van der Waals surface area contributed by atoms with Crippen molar-refractivity contribution in [2.24, 2.45) is 0 Å². The smallest absolute Gasteiger partial charge is 0.409 e. The molecular formula is C30H31ClN4O3. The van der Waals surface area contributed by atoms with Crippen LogP contribution in [0.5, 0.6) is 0 Å². The number of amides is 2. The van der Waals surface area contributed by atoms with Crippen LogP contribution in [0.4, 0.5) is 4.79 Å². The van der Waals surface area contributed by atoms with Crippen LogP contribution < -0.4 is 0 Å². The van der Waals surface area contributed by atoms with Crippen LogP contribution in [-0.2, 0) is 17.6 Å². The number of fused-ring (bicyclic) bond motifs is 2. The molecule has 38 heavy (non-hydrogen) atoms. The van der Waals surface area contributed by atoms with Crippen molar-refractivity contribution in [3.05, 3.63) is 69.6 Å². The van der Waals surface area contributed by atoms with Gasteiger partial charge in [0.2, 0.25) is 0 Å². The molecule has 7 nitrogen and oxygen atoms in total. The van der Waals surface area contributed by atoms with Gasteiger partial charge in [0, 0.05) is 65.7 Å². The second-order valence-corrected chi connectivity index (χ2v) is 10.4. The van der Waals surface area contributed by atoms with Crippen LogP contribution in [0.15, 0.2) is 36.5 Å². The monoisotopic (exact) mass is 530 g/mol. The second kappa shape index (κ2) is 11.0. The Kier molecular flexibility index (Phi) is 7.53. The second-order valence-electron chi connectivity index (χ2n) is 10.0. The Balaban J connectivity index is 1.35. The molecular weight excluding hydrogens is 500 g/mol. The predicted molar refractivity (Wildman–Crippen MR) is 147 cm³/mol. The topological polar surface area (TPSA) is 75.6 Å². The molecule has 1 unspecified atom stereocenters. The Hall–Kier alpha value is -3.63. The fourth-order valence-corrected chi connectivity index (χ4v) is 5.74. The van der Waals surface area contributed by atoms with E-state index in [2.05, 4.69) is 10.9 Å². The van der Waals surface area contributed by atoms with Gasteiger partial charge in [-0.15, -0.1) is 6.42 Å². The van der Waals surface area contributed by atoms with Crippen molar-refractivity contribution >= 4 is 34.5 Å². The molecule has 196 valence electrons. The van der Waals surface area contributed by atoms with E-state index in [4.69, 9.17) is 27.7 Å². The highest BCUT2D eigenvalue weighted by Crippen LogP contribution is 2.38. The van der Waals surface area contributed by atoms with E-state index in [0.717, 1.165) is 53.6 Å². The van der Waals surface area contributed by atoms with Crippen LogP contribution in [0, 0.1) is 12.3 Å². The van der Waals surface area contributed by atoms with Crippen molar-refractivity contribution in [2.75, 3.05) is 26.2 Å². The van der Waals surface area contributed by atoms with Gasteiger partial charge in [0.25, 0.3) is 5.91 Å². The number of ether oxygens (including phenoxy) is 1. The fraction of sp³-hybridized carbons (Fsp3) is 0.400. The maximum Gasteiger partial charge on any atom is 0.409 e. The maximum absolute atomic E-state index is 13.5. The van der Waals surface area contributed by atoms with Gasteiger partial charge in [-0.05, 0) is 62.4 Å². The van der Waals surface area contributed by atoms with E-state index >= 15 is 0 Å². The standard InChI is InChI=1S/C30H31ClN4O3/c1-4-14-38-30(37)34-12-13-35(19(3)18-34)29(36)22-8-10-24-27(16-22)33-26-15-21(7-9-23(26)28(24)31)25-11-6-20(5-2)17-32-25/h2,6,8,10-11,16-17,19,21H,4,7,9,12-15,18H2,1,3H3/t19-,21?/m0/s1. The number of aromatic nitrogens is 2. The summed E-state index contributed by atoms with van der Waals surface area (Å²) in [5, 5.41) is 1.57. The van der Waals surface area contributed by atoms with Crippen molar-refractivity contribution in [3.63, 3.8) is 0 Å². The van der Waals surface area contributed by atoms with Crippen molar-refractivity contribution in [1.29, 1.82) is 0 Å². The van der Waals surface area contributed by atoms with E-state index in [1.165, 1.54) is 0 Å². The highest BCUT2D eigenvalue weighted by molar-refractivity contribution is 6.36. The minimum atomic E-state index is -0.319. The Bertz CT molecular complexity index is 1420. The molecule has 0 saturated carbocycles. The van der Waals surface area contributed by atoms with Crippen LogP contribution in [0.3, 0.4) is 0 Å². The lowest BCUT2D eigenvalue weighted by Crippen LogP contribution is -2.55. The third-order valence-corrected chi connectivity index (χ3v) is 7.91. The van der Waals surface area contributed by atoms with E-state index in [9.17, 15) is 9.59 Å². The molecule has 1 fully saturated rings. The number of carbonyl (C=O) groups is 2. The number of halogens is 1.